The lowest BCUT2D eigenvalue weighted by Gasteiger charge is -2.35. The second-order valence-electron chi connectivity index (χ2n) is 4.48. The molecule has 0 saturated heterocycles. The summed E-state index contributed by atoms with van der Waals surface area (Å²) >= 11 is 0. The largest absolute Gasteiger partial charge is 0.334 e. The standard InChI is InChI=1S/C13H13FN2O/c1-9-3-4-11(14)10(7-9)12(17)16-13(8-15)5-2-6-13/h3-4,7H,2,5-6H2,1H3,(H,16,17). The van der Waals surface area contributed by atoms with Gasteiger partial charge in [0.2, 0.25) is 0 Å². The fraction of sp³-hybridized carbons (Fsp3) is 0.385. The quantitative estimate of drug-likeness (QED) is 0.850. The van der Waals surface area contributed by atoms with Gasteiger partial charge < -0.3 is 5.32 Å². The smallest absolute Gasteiger partial charge is 0.255 e. The van der Waals surface area contributed by atoms with E-state index in [9.17, 15) is 9.18 Å². The molecule has 1 fully saturated rings. The van der Waals surface area contributed by atoms with Crippen LogP contribution in [0.4, 0.5) is 4.39 Å². The average molecular weight is 232 g/mol. The Balaban J connectivity index is 2.20. The number of halogens is 1. The number of carbonyl (C=O) groups excluding carboxylic acids is 1. The van der Waals surface area contributed by atoms with E-state index in [2.05, 4.69) is 11.4 Å². The maximum atomic E-state index is 13.5. The summed E-state index contributed by atoms with van der Waals surface area (Å²) in [6, 6.07) is 6.46. The molecule has 1 saturated carbocycles. The number of nitriles is 1. The molecule has 1 N–H and O–H groups in total. The summed E-state index contributed by atoms with van der Waals surface area (Å²) < 4.78 is 13.5. The third-order valence-electron chi connectivity index (χ3n) is 3.14. The minimum Gasteiger partial charge on any atom is -0.334 e. The van der Waals surface area contributed by atoms with Crippen LogP contribution in [0.3, 0.4) is 0 Å². The van der Waals surface area contributed by atoms with Gasteiger partial charge in [0, 0.05) is 0 Å². The highest BCUT2D eigenvalue weighted by Crippen LogP contribution is 2.31. The van der Waals surface area contributed by atoms with Crippen molar-refractivity contribution in [3.8, 4) is 6.07 Å². The van der Waals surface area contributed by atoms with Gasteiger partial charge in [-0.15, -0.1) is 0 Å². The van der Waals surface area contributed by atoms with E-state index < -0.39 is 17.3 Å². The van der Waals surface area contributed by atoms with Gasteiger partial charge in [-0.25, -0.2) is 4.39 Å². The number of rotatable bonds is 2. The van der Waals surface area contributed by atoms with Gasteiger partial charge in [0.05, 0.1) is 11.6 Å². The van der Waals surface area contributed by atoms with Crippen LogP contribution in [0.5, 0.6) is 0 Å². The van der Waals surface area contributed by atoms with E-state index in [1.165, 1.54) is 12.1 Å². The van der Waals surface area contributed by atoms with Crippen molar-refractivity contribution < 1.29 is 9.18 Å². The molecular formula is C13H13FN2O. The first-order chi connectivity index (χ1) is 8.06. The van der Waals surface area contributed by atoms with Crippen LogP contribution in [-0.2, 0) is 0 Å². The van der Waals surface area contributed by atoms with Gasteiger partial charge in [-0.1, -0.05) is 11.6 Å². The molecule has 0 unspecified atom stereocenters. The predicted octanol–water partition coefficient (Wildman–Crippen LogP) is 2.31. The number of benzene rings is 1. The molecule has 3 nitrogen and oxygen atoms in total. The van der Waals surface area contributed by atoms with Crippen LogP contribution < -0.4 is 5.32 Å². The molecule has 2 rings (SSSR count). The van der Waals surface area contributed by atoms with Crippen LogP contribution in [0.2, 0.25) is 0 Å². The predicted molar refractivity (Wildman–Crippen MR) is 60.8 cm³/mol. The van der Waals surface area contributed by atoms with Crippen molar-refractivity contribution >= 4 is 5.91 Å². The van der Waals surface area contributed by atoms with Gasteiger partial charge in [-0.2, -0.15) is 5.26 Å². The highest BCUT2D eigenvalue weighted by Gasteiger charge is 2.39. The van der Waals surface area contributed by atoms with Crippen LogP contribution in [0, 0.1) is 24.1 Å². The van der Waals surface area contributed by atoms with Crippen LogP contribution >= 0.6 is 0 Å². The Bertz CT molecular complexity index is 501. The Hall–Kier alpha value is -1.89. The van der Waals surface area contributed by atoms with Crippen molar-refractivity contribution in [1.29, 1.82) is 5.26 Å². The van der Waals surface area contributed by atoms with E-state index in [1.54, 1.807) is 13.0 Å². The van der Waals surface area contributed by atoms with Gasteiger partial charge in [0.25, 0.3) is 5.91 Å². The van der Waals surface area contributed by atoms with Gasteiger partial charge in [0.15, 0.2) is 0 Å². The van der Waals surface area contributed by atoms with Crippen molar-refractivity contribution in [3.05, 3.63) is 35.1 Å². The molecule has 0 aromatic heterocycles. The molecule has 0 spiro atoms. The molecule has 1 aromatic carbocycles. The lowest BCUT2D eigenvalue weighted by atomic mass is 9.78. The minimum atomic E-state index is -0.784. The van der Waals surface area contributed by atoms with Gasteiger partial charge in [-0.05, 0) is 38.3 Å². The Kier molecular flexibility index (Phi) is 2.84. The molecule has 0 atom stereocenters. The number of nitrogens with zero attached hydrogens (tertiary/aromatic N) is 1. The second kappa shape index (κ2) is 4.17. The molecule has 1 aromatic rings. The molecule has 1 amide bonds. The number of carbonyl (C=O) groups is 1. The number of aryl methyl sites for hydroxylation is 1. The maximum absolute atomic E-state index is 13.5. The number of amides is 1. The van der Waals surface area contributed by atoms with E-state index in [0.717, 1.165) is 12.0 Å². The third kappa shape index (κ3) is 2.14. The van der Waals surface area contributed by atoms with E-state index in [-0.39, 0.29) is 5.56 Å². The van der Waals surface area contributed by atoms with E-state index in [4.69, 9.17) is 5.26 Å². The van der Waals surface area contributed by atoms with Crippen LogP contribution in [0.15, 0.2) is 18.2 Å². The van der Waals surface area contributed by atoms with Crippen molar-refractivity contribution in [2.45, 2.75) is 31.7 Å². The first-order valence-corrected chi connectivity index (χ1v) is 5.56. The molecule has 0 radical (unpaired) electrons. The molecule has 1 aliphatic rings. The van der Waals surface area contributed by atoms with Gasteiger partial charge in [-0.3, -0.25) is 4.79 Å². The summed E-state index contributed by atoms with van der Waals surface area (Å²) in [5.41, 5.74) is 0.0375. The summed E-state index contributed by atoms with van der Waals surface area (Å²) in [5, 5.41) is 11.6. The third-order valence-corrected chi connectivity index (χ3v) is 3.14. The zero-order valence-corrected chi connectivity index (χ0v) is 9.59. The van der Waals surface area contributed by atoms with E-state index in [0.29, 0.717) is 12.8 Å². The van der Waals surface area contributed by atoms with Gasteiger partial charge >= 0.3 is 0 Å². The molecule has 88 valence electrons. The van der Waals surface area contributed by atoms with Gasteiger partial charge in [0.1, 0.15) is 11.4 Å². The first kappa shape index (κ1) is 11.6. The topological polar surface area (TPSA) is 52.9 Å². The second-order valence-corrected chi connectivity index (χ2v) is 4.48. The lowest BCUT2D eigenvalue weighted by molar-refractivity contribution is 0.0877. The summed E-state index contributed by atoms with van der Waals surface area (Å²) in [4.78, 5) is 11.9. The molecule has 1 aliphatic carbocycles. The zero-order chi connectivity index (χ0) is 12.5. The Morgan fingerprint density at radius 2 is 2.24 bits per heavy atom. The Labute approximate surface area is 99.2 Å². The molecule has 17 heavy (non-hydrogen) atoms. The van der Waals surface area contributed by atoms with Crippen molar-refractivity contribution in [2.24, 2.45) is 0 Å². The van der Waals surface area contributed by atoms with Crippen LogP contribution in [0.1, 0.15) is 35.2 Å². The Morgan fingerprint density at radius 1 is 1.53 bits per heavy atom. The lowest BCUT2D eigenvalue weighted by Crippen LogP contribution is -2.52. The molecular weight excluding hydrogens is 219 g/mol. The molecule has 4 heteroatoms. The number of nitrogens with one attached hydrogen (secondary N) is 1. The summed E-state index contributed by atoms with van der Waals surface area (Å²) in [6.45, 7) is 1.79. The van der Waals surface area contributed by atoms with E-state index in [1.807, 2.05) is 0 Å². The summed E-state index contributed by atoms with van der Waals surface area (Å²) in [7, 11) is 0. The molecule has 0 heterocycles. The van der Waals surface area contributed by atoms with Crippen molar-refractivity contribution in [3.63, 3.8) is 0 Å². The molecule has 0 bridgehead atoms. The SMILES string of the molecule is Cc1ccc(F)c(C(=O)NC2(C#N)CCC2)c1. The van der Waals surface area contributed by atoms with Crippen LogP contribution in [0.25, 0.3) is 0 Å². The van der Waals surface area contributed by atoms with Crippen molar-refractivity contribution in [1.82, 2.24) is 5.32 Å². The fourth-order valence-corrected chi connectivity index (χ4v) is 1.89. The first-order valence-electron chi connectivity index (χ1n) is 5.56. The van der Waals surface area contributed by atoms with E-state index >= 15 is 0 Å². The normalized spacial score (nSPS) is 16.8. The number of hydrogen-bond donors (Lipinski definition) is 1. The average Bonchev–Trinajstić information content (AvgIpc) is 2.26. The molecule has 0 aliphatic heterocycles. The van der Waals surface area contributed by atoms with Crippen LogP contribution in [-0.4, -0.2) is 11.4 Å². The Morgan fingerprint density at radius 3 is 2.76 bits per heavy atom. The highest BCUT2D eigenvalue weighted by molar-refractivity contribution is 5.95. The summed E-state index contributed by atoms with van der Waals surface area (Å²) in [6.07, 6.45) is 2.20. The summed E-state index contributed by atoms with van der Waals surface area (Å²) in [5.74, 6) is -1.06. The number of hydrogen-bond acceptors (Lipinski definition) is 2. The maximum Gasteiger partial charge on any atom is 0.255 e. The fourth-order valence-electron chi connectivity index (χ4n) is 1.89. The zero-order valence-electron chi connectivity index (χ0n) is 9.59. The monoisotopic (exact) mass is 232 g/mol. The minimum absolute atomic E-state index is 0.00604. The van der Waals surface area contributed by atoms with Crippen molar-refractivity contribution in [2.75, 3.05) is 0 Å². The highest BCUT2D eigenvalue weighted by atomic mass is 19.1.